The van der Waals surface area contributed by atoms with Crippen LogP contribution in [0.3, 0.4) is 0 Å². The average Bonchev–Trinajstić information content (AvgIpc) is 3.18. The molecule has 5 heteroatoms. The first-order valence-electron chi connectivity index (χ1n) is 14.9. The van der Waals surface area contributed by atoms with Gasteiger partial charge in [0.2, 0.25) is 0 Å². The molecule has 0 aromatic carbocycles. The molecule has 5 saturated carbocycles. The number of esters is 1. The number of hydrogen-bond acceptors (Lipinski definition) is 4. The number of carbonyl (C=O) groups excluding carboxylic acids is 1. The van der Waals surface area contributed by atoms with Crippen molar-refractivity contribution in [2.75, 3.05) is 6.61 Å². The summed E-state index contributed by atoms with van der Waals surface area (Å²) in [7, 11) is 0. The van der Waals surface area contributed by atoms with Gasteiger partial charge in [0.1, 0.15) is 11.5 Å². The summed E-state index contributed by atoms with van der Waals surface area (Å²) in [6, 6.07) is 0. The molecule has 0 aromatic rings. The van der Waals surface area contributed by atoms with Crippen LogP contribution < -0.4 is 0 Å². The van der Waals surface area contributed by atoms with Crippen LogP contribution in [0.2, 0.25) is 0 Å². The van der Waals surface area contributed by atoms with Crippen molar-refractivity contribution in [2.24, 2.45) is 56.7 Å². The van der Waals surface area contributed by atoms with Gasteiger partial charge in [0.15, 0.2) is 0 Å². The number of carbonyl (C=O) groups is 2. The van der Waals surface area contributed by atoms with Crippen molar-refractivity contribution in [2.45, 2.75) is 112 Å². The van der Waals surface area contributed by atoms with Gasteiger partial charge in [0.25, 0.3) is 0 Å². The van der Waals surface area contributed by atoms with Crippen molar-refractivity contribution in [3.05, 3.63) is 12.2 Å². The monoisotopic (exact) mass is 514 g/mol. The van der Waals surface area contributed by atoms with Crippen LogP contribution in [0.25, 0.3) is 0 Å². The second-order valence-electron chi connectivity index (χ2n) is 15.0. The molecule has 11 atom stereocenters. The van der Waals surface area contributed by atoms with E-state index in [9.17, 15) is 19.8 Å². The molecule has 0 aliphatic heterocycles. The van der Waals surface area contributed by atoms with Crippen LogP contribution in [0, 0.1) is 56.7 Å². The maximum atomic E-state index is 12.9. The van der Waals surface area contributed by atoms with Crippen molar-refractivity contribution in [3.8, 4) is 0 Å². The molecular formula is C32H50O5. The predicted molar refractivity (Wildman–Crippen MR) is 144 cm³/mol. The minimum absolute atomic E-state index is 0.0346. The predicted octanol–water partition coefficient (Wildman–Crippen LogP) is 6.63. The van der Waals surface area contributed by atoms with Gasteiger partial charge >= 0.3 is 11.9 Å². The summed E-state index contributed by atoms with van der Waals surface area (Å²) >= 11 is 0. The molecule has 0 amide bonds. The summed E-state index contributed by atoms with van der Waals surface area (Å²) in [4.78, 5) is 24.8. The highest BCUT2D eigenvalue weighted by Gasteiger charge is 2.73. The fraction of sp³-hybridized carbons (Fsp3) is 0.875. The van der Waals surface area contributed by atoms with Crippen LogP contribution in [0.4, 0.5) is 0 Å². The molecule has 208 valence electrons. The van der Waals surface area contributed by atoms with Gasteiger partial charge in [0, 0.05) is 18.9 Å². The van der Waals surface area contributed by atoms with E-state index in [2.05, 4.69) is 34.3 Å². The number of aliphatic hydroxyl groups is 1. The number of carboxylic acids is 1. The Hall–Kier alpha value is -1.36. The van der Waals surface area contributed by atoms with Gasteiger partial charge in [-0.2, -0.15) is 0 Å². The van der Waals surface area contributed by atoms with Crippen LogP contribution >= 0.6 is 0 Å². The molecule has 5 fully saturated rings. The summed E-state index contributed by atoms with van der Waals surface area (Å²) in [6.45, 7) is 17.4. The Morgan fingerprint density at radius 2 is 1.59 bits per heavy atom. The van der Waals surface area contributed by atoms with E-state index in [1.807, 2.05) is 6.92 Å². The number of carboxylic acid groups (broad SMARTS) is 1. The molecule has 0 bridgehead atoms. The number of fused-ring (bicyclic) bond motifs is 7. The first-order valence-corrected chi connectivity index (χ1v) is 14.9. The van der Waals surface area contributed by atoms with Crippen LogP contribution in [0.1, 0.15) is 106 Å². The van der Waals surface area contributed by atoms with Gasteiger partial charge in [-0.05, 0) is 124 Å². The maximum Gasteiger partial charge on any atom is 0.313 e. The molecule has 5 rings (SSSR count). The minimum Gasteiger partial charge on any atom is -0.481 e. The summed E-state index contributed by atoms with van der Waals surface area (Å²) in [5.74, 6) is 0.687. The SMILES string of the molecule is C=C(C)[C@@H]1CC[C@]2(C)CC[C@]3(CO)[C@H](CC[C@@H]4[C@@]5(C)CC[C@@H](OC(C)=O)[C@](C)(C(=O)O)[C@@H]5CC[C@]43C)[C@@H]12. The molecular weight excluding hydrogens is 464 g/mol. The van der Waals surface area contributed by atoms with Crippen molar-refractivity contribution < 1.29 is 24.5 Å². The Bertz CT molecular complexity index is 990. The lowest BCUT2D eigenvalue weighted by molar-refractivity contribution is -0.264. The highest BCUT2D eigenvalue weighted by atomic mass is 16.5. The molecule has 0 aromatic heterocycles. The number of ether oxygens (including phenoxy) is 1. The van der Waals surface area contributed by atoms with Crippen molar-refractivity contribution >= 4 is 11.9 Å². The lowest BCUT2D eigenvalue weighted by Crippen LogP contribution is -2.69. The molecule has 37 heavy (non-hydrogen) atoms. The van der Waals surface area contributed by atoms with E-state index >= 15 is 0 Å². The van der Waals surface area contributed by atoms with E-state index in [-0.39, 0.29) is 28.8 Å². The van der Waals surface area contributed by atoms with Crippen molar-refractivity contribution in [1.82, 2.24) is 0 Å². The first kappa shape index (κ1) is 27.2. The molecule has 2 N–H and O–H groups in total. The van der Waals surface area contributed by atoms with E-state index in [0.29, 0.717) is 35.5 Å². The topological polar surface area (TPSA) is 83.8 Å². The standard InChI is InChI=1S/C32H50O5/c1-19(2)21-10-13-28(4)16-17-32(18-33)22(26(21)28)8-9-23-29(5)14-12-25(37-20(3)34)31(7,27(35)36)24(29)11-15-30(23,32)6/h21-26,33H,1,8-18H2,2-7H3,(H,35,36)/t21-,22+,23+,24+,25+,26+,28+,29+,30+,31+,32-/m0/s1. The Labute approximate surface area is 223 Å². The number of aliphatic hydroxyl groups excluding tert-OH is 1. The van der Waals surface area contributed by atoms with Gasteiger partial charge in [-0.1, -0.05) is 32.9 Å². The summed E-state index contributed by atoms with van der Waals surface area (Å²) < 4.78 is 5.67. The normalized spacial score (nSPS) is 52.7. The third-order valence-electron chi connectivity index (χ3n) is 13.8. The zero-order chi connectivity index (χ0) is 27.2. The lowest BCUT2D eigenvalue weighted by Gasteiger charge is -2.73. The van der Waals surface area contributed by atoms with Crippen LogP contribution in [0.15, 0.2) is 12.2 Å². The van der Waals surface area contributed by atoms with Gasteiger partial charge < -0.3 is 14.9 Å². The zero-order valence-electron chi connectivity index (χ0n) is 24.1. The highest BCUT2D eigenvalue weighted by molar-refractivity contribution is 5.77. The molecule has 0 heterocycles. The Morgan fingerprint density at radius 1 is 0.892 bits per heavy atom. The van der Waals surface area contributed by atoms with E-state index in [1.54, 1.807) is 0 Å². The number of hydrogen-bond donors (Lipinski definition) is 2. The fourth-order valence-corrected chi connectivity index (χ4v) is 12.0. The third kappa shape index (κ3) is 3.37. The summed E-state index contributed by atoms with van der Waals surface area (Å²) in [5, 5.41) is 21.9. The number of aliphatic carboxylic acids is 1. The van der Waals surface area contributed by atoms with Crippen molar-refractivity contribution in [1.29, 1.82) is 0 Å². The average molecular weight is 515 g/mol. The molecule has 0 radical (unpaired) electrons. The van der Waals surface area contributed by atoms with E-state index in [4.69, 9.17) is 4.74 Å². The lowest BCUT2D eigenvalue weighted by atomic mass is 9.32. The zero-order valence-corrected chi connectivity index (χ0v) is 24.1. The largest absolute Gasteiger partial charge is 0.481 e. The summed E-state index contributed by atoms with van der Waals surface area (Å²) in [6.07, 6.45) is 9.58. The Morgan fingerprint density at radius 3 is 2.19 bits per heavy atom. The van der Waals surface area contributed by atoms with E-state index in [0.717, 1.165) is 38.5 Å². The smallest absolute Gasteiger partial charge is 0.313 e. The van der Waals surface area contributed by atoms with Gasteiger partial charge in [-0.25, -0.2) is 0 Å². The summed E-state index contributed by atoms with van der Waals surface area (Å²) in [5.41, 5.74) is 0.234. The van der Waals surface area contributed by atoms with Gasteiger partial charge in [-0.15, -0.1) is 0 Å². The van der Waals surface area contributed by atoms with Crippen LogP contribution in [0.5, 0.6) is 0 Å². The van der Waals surface area contributed by atoms with Crippen LogP contribution in [-0.2, 0) is 14.3 Å². The fourth-order valence-electron chi connectivity index (χ4n) is 12.0. The molecule has 0 saturated heterocycles. The third-order valence-corrected chi connectivity index (χ3v) is 13.8. The number of allylic oxidation sites excluding steroid dienone is 1. The van der Waals surface area contributed by atoms with E-state index in [1.165, 1.54) is 31.8 Å². The van der Waals surface area contributed by atoms with Crippen LogP contribution in [-0.4, -0.2) is 34.9 Å². The first-order chi connectivity index (χ1) is 17.2. The molecule has 0 unspecified atom stereocenters. The van der Waals surface area contributed by atoms with Gasteiger partial charge in [-0.3, -0.25) is 9.59 Å². The van der Waals surface area contributed by atoms with E-state index < -0.39 is 23.5 Å². The maximum absolute atomic E-state index is 12.9. The second-order valence-corrected chi connectivity index (χ2v) is 15.0. The molecule has 5 aliphatic carbocycles. The Balaban J connectivity index is 1.56. The Kier molecular flexibility index (Phi) is 6.30. The molecule has 0 spiro atoms. The second kappa shape index (κ2) is 8.57. The molecule has 5 nitrogen and oxygen atoms in total. The van der Waals surface area contributed by atoms with Gasteiger partial charge in [0.05, 0.1) is 0 Å². The molecule has 5 aliphatic rings. The number of rotatable bonds is 4. The minimum atomic E-state index is -1.09. The van der Waals surface area contributed by atoms with Crippen molar-refractivity contribution in [3.63, 3.8) is 0 Å². The quantitative estimate of drug-likeness (QED) is 0.325. The highest BCUT2D eigenvalue weighted by Crippen LogP contribution is 2.77.